The number of urea groups is 1. The van der Waals surface area contributed by atoms with Gasteiger partial charge in [0, 0.05) is 26.2 Å². The molecule has 0 spiro atoms. The van der Waals surface area contributed by atoms with Crippen molar-refractivity contribution in [2.24, 2.45) is 5.92 Å². The molecule has 1 aromatic carbocycles. The normalized spacial score (nSPS) is 19.8. The molecule has 6 heteroatoms. The molecular formula is C20H28N4O2. The van der Waals surface area contributed by atoms with E-state index in [-0.39, 0.29) is 12.1 Å². The Kier molecular flexibility index (Phi) is 5.11. The lowest BCUT2D eigenvalue weighted by Crippen LogP contribution is -2.44. The maximum absolute atomic E-state index is 12.8. The van der Waals surface area contributed by atoms with Crippen LogP contribution in [0.25, 0.3) is 11.0 Å². The van der Waals surface area contributed by atoms with Crippen molar-refractivity contribution in [2.75, 3.05) is 19.7 Å². The second-order valence-electron chi connectivity index (χ2n) is 7.40. The van der Waals surface area contributed by atoms with Crippen LogP contribution in [0, 0.1) is 5.92 Å². The van der Waals surface area contributed by atoms with Crippen LogP contribution in [0.5, 0.6) is 0 Å². The van der Waals surface area contributed by atoms with Gasteiger partial charge in [-0.2, -0.15) is 0 Å². The molecule has 1 aliphatic carbocycles. The summed E-state index contributed by atoms with van der Waals surface area (Å²) in [6.07, 6.45) is 4.83. The summed E-state index contributed by atoms with van der Waals surface area (Å²) in [6, 6.07) is 8.12. The average Bonchev–Trinajstić information content (AvgIpc) is 3.18. The van der Waals surface area contributed by atoms with E-state index in [2.05, 4.69) is 22.9 Å². The SMILES string of the molecule is CCn1c(CNC(=O)N(CC2CC2)C[C@@H]2CCCO2)nc2ccccc21. The maximum atomic E-state index is 12.8. The molecule has 4 rings (SSSR count). The summed E-state index contributed by atoms with van der Waals surface area (Å²) in [5.74, 6) is 1.58. The van der Waals surface area contributed by atoms with Crippen LogP contribution in [0.2, 0.25) is 0 Å². The molecule has 1 N–H and O–H groups in total. The highest BCUT2D eigenvalue weighted by Gasteiger charge is 2.29. The number of hydrogen-bond acceptors (Lipinski definition) is 3. The number of imidazole rings is 1. The largest absolute Gasteiger partial charge is 0.376 e. The minimum atomic E-state index is 0.00195. The molecule has 0 radical (unpaired) electrons. The predicted molar refractivity (Wildman–Crippen MR) is 101 cm³/mol. The van der Waals surface area contributed by atoms with Gasteiger partial charge < -0.3 is 19.5 Å². The van der Waals surface area contributed by atoms with E-state index in [0.29, 0.717) is 19.0 Å². The number of carbonyl (C=O) groups excluding carboxylic acids is 1. The lowest BCUT2D eigenvalue weighted by atomic mass is 10.2. The van der Waals surface area contributed by atoms with Crippen LogP contribution < -0.4 is 5.32 Å². The molecule has 2 aromatic rings. The predicted octanol–water partition coefficient (Wildman–Crippen LogP) is 3.16. The third-order valence-corrected chi connectivity index (χ3v) is 5.36. The van der Waals surface area contributed by atoms with Crippen LogP contribution >= 0.6 is 0 Å². The molecule has 0 unspecified atom stereocenters. The molecule has 1 aliphatic heterocycles. The van der Waals surface area contributed by atoms with E-state index in [4.69, 9.17) is 9.72 Å². The molecule has 1 saturated heterocycles. The van der Waals surface area contributed by atoms with Crippen molar-refractivity contribution in [3.8, 4) is 0 Å². The van der Waals surface area contributed by atoms with Gasteiger partial charge in [-0.05, 0) is 50.7 Å². The first-order valence-electron chi connectivity index (χ1n) is 9.83. The van der Waals surface area contributed by atoms with E-state index in [1.165, 1.54) is 12.8 Å². The van der Waals surface area contributed by atoms with Crippen LogP contribution in [0.15, 0.2) is 24.3 Å². The number of hydrogen-bond donors (Lipinski definition) is 1. The van der Waals surface area contributed by atoms with Crippen molar-refractivity contribution in [3.63, 3.8) is 0 Å². The number of benzene rings is 1. The molecule has 2 amide bonds. The number of ether oxygens (including phenoxy) is 1. The molecule has 6 nitrogen and oxygen atoms in total. The monoisotopic (exact) mass is 356 g/mol. The Hall–Kier alpha value is -2.08. The van der Waals surface area contributed by atoms with Crippen molar-refractivity contribution in [1.82, 2.24) is 19.8 Å². The summed E-state index contributed by atoms with van der Waals surface area (Å²) >= 11 is 0. The molecule has 1 atom stereocenters. The molecule has 1 aromatic heterocycles. The van der Waals surface area contributed by atoms with Crippen LogP contribution in [0.4, 0.5) is 4.79 Å². The number of nitrogens with zero attached hydrogens (tertiary/aromatic N) is 3. The lowest BCUT2D eigenvalue weighted by Gasteiger charge is -2.25. The molecule has 26 heavy (non-hydrogen) atoms. The minimum absolute atomic E-state index is 0.00195. The number of amides is 2. The van der Waals surface area contributed by atoms with Gasteiger partial charge in [-0.3, -0.25) is 0 Å². The average molecular weight is 356 g/mol. The Labute approximate surface area is 154 Å². The van der Waals surface area contributed by atoms with Gasteiger partial charge in [-0.1, -0.05) is 12.1 Å². The van der Waals surface area contributed by atoms with Gasteiger partial charge in [0.1, 0.15) is 5.82 Å². The zero-order chi connectivity index (χ0) is 17.9. The fourth-order valence-corrected chi connectivity index (χ4v) is 3.77. The van der Waals surface area contributed by atoms with Crippen molar-refractivity contribution in [3.05, 3.63) is 30.1 Å². The van der Waals surface area contributed by atoms with Gasteiger partial charge in [0.2, 0.25) is 0 Å². The van der Waals surface area contributed by atoms with Gasteiger partial charge >= 0.3 is 6.03 Å². The first kappa shape index (κ1) is 17.3. The summed E-state index contributed by atoms with van der Waals surface area (Å²) in [6.45, 7) is 5.77. The highest BCUT2D eigenvalue weighted by Crippen LogP contribution is 2.30. The first-order chi connectivity index (χ1) is 12.7. The third-order valence-electron chi connectivity index (χ3n) is 5.36. The quantitative estimate of drug-likeness (QED) is 0.829. The van der Waals surface area contributed by atoms with E-state index < -0.39 is 0 Å². The van der Waals surface area contributed by atoms with Crippen LogP contribution in [0.3, 0.4) is 0 Å². The Morgan fingerprint density at radius 2 is 2.15 bits per heavy atom. The molecule has 2 aliphatic rings. The van der Waals surface area contributed by atoms with Crippen molar-refractivity contribution < 1.29 is 9.53 Å². The van der Waals surface area contributed by atoms with E-state index in [1.807, 2.05) is 23.1 Å². The number of aromatic nitrogens is 2. The maximum Gasteiger partial charge on any atom is 0.317 e. The summed E-state index contributed by atoms with van der Waals surface area (Å²) in [4.78, 5) is 19.5. The topological polar surface area (TPSA) is 59.4 Å². The van der Waals surface area contributed by atoms with Gasteiger partial charge in [0.15, 0.2) is 0 Å². The molecule has 0 bridgehead atoms. The van der Waals surface area contributed by atoms with Gasteiger partial charge in [-0.25, -0.2) is 9.78 Å². The van der Waals surface area contributed by atoms with E-state index >= 15 is 0 Å². The zero-order valence-corrected chi connectivity index (χ0v) is 15.5. The van der Waals surface area contributed by atoms with Crippen molar-refractivity contribution >= 4 is 17.1 Å². The van der Waals surface area contributed by atoms with E-state index in [9.17, 15) is 4.79 Å². The Balaban J connectivity index is 1.42. The molecular weight excluding hydrogens is 328 g/mol. The highest BCUT2D eigenvalue weighted by atomic mass is 16.5. The number of aryl methyl sites for hydroxylation is 1. The summed E-state index contributed by atoms with van der Waals surface area (Å²) in [5.41, 5.74) is 2.10. The minimum Gasteiger partial charge on any atom is -0.376 e. The molecule has 140 valence electrons. The summed E-state index contributed by atoms with van der Waals surface area (Å²) in [7, 11) is 0. The van der Waals surface area contributed by atoms with Gasteiger partial charge in [-0.15, -0.1) is 0 Å². The van der Waals surface area contributed by atoms with E-state index in [0.717, 1.165) is 49.4 Å². The van der Waals surface area contributed by atoms with Gasteiger partial charge in [0.25, 0.3) is 0 Å². The van der Waals surface area contributed by atoms with Crippen LogP contribution in [0.1, 0.15) is 38.4 Å². The van der Waals surface area contributed by atoms with Gasteiger partial charge in [0.05, 0.1) is 23.7 Å². The smallest absolute Gasteiger partial charge is 0.317 e. The summed E-state index contributed by atoms with van der Waals surface area (Å²) < 4.78 is 7.90. The molecule has 2 fully saturated rings. The third kappa shape index (κ3) is 3.85. The molecule has 1 saturated carbocycles. The number of carbonyl (C=O) groups is 1. The second-order valence-corrected chi connectivity index (χ2v) is 7.40. The van der Waals surface area contributed by atoms with Crippen molar-refractivity contribution in [1.29, 1.82) is 0 Å². The first-order valence-corrected chi connectivity index (χ1v) is 9.83. The summed E-state index contributed by atoms with van der Waals surface area (Å²) in [5, 5.41) is 3.09. The fourth-order valence-electron chi connectivity index (χ4n) is 3.77. The standard InChI is InChI=1S/C20H28N4O2/c1-2-24-18-8-4-3-7-17(18)22-19(24)12-21-20(25)23(13-15-9-10-15)14-16-6-5-11-26-16/h3-4,7-8,15-16H,2,5-6,9-14H2,1H3,(H,21,25)/t16-/m0/s1. The highest BCUT2D eigenvalue weighted by molar-refractivity contribution is 5.77. The van der Waals surface area contributed by atoms with Crippen molar-refractivity contribution in [2.45, 2.75) is 51.8 Å². The zero-order valence-electron chi connectivity index (χ0n) is 15.5. The molecule has 2 heterocycles. The van der Waals surface area contributed by atoms with Crippen LogP contribution in [-0.4, -0.2) is 46.3 Å². The number of rotatable bonds is 7. The lowest BCUT2D eigenvalue weighted by molar-refractivity contribution is 0.0800. The Morgan fingerprint density at radius 1 is 1.31 bits per heavy atom. The van der Waals surface area contributed by atoms with Crippen LogP contribution in [-0.2, 0) is 17.8 Å². The Bertz CT molecular complexity index is 762. The number of fused-ring (bicyclic) bond motifs is 1. The Morgan fingerprint density at radius 3 is 2.88 bits per heavy atom. The second kappa shape index (κ2) is 7.66. The number of nitrogens with one attached hydrogen (secondary N) is 1. The van der Waals surface area contributed by atoms with E-state index in [1.54, 1.807) is 0 Å². The fraction of sp³-hybridized carbons (Fsp3) is 0.600. The number of para-hydroxylation sites is 2.